The highest BCUT2D eigenvalue weighted by Crippen LogP contribution is 2.18. The largest absolute Gasteiger partial charge is 0.478 e. The van der Waals surface area contributed by atoms with Crippen LogP contribution < -0.4 is 0 Å². The zero-order valence-corrected chi connectivity index (χ0v) is 8.28. The Labute approximate surface area is 84.1 Å². The number of aromatic nitrogens is 2. The molecule has 0 aromatic carbocycles. The molecule has 0 aliphatic heterocycles. The lowest BCUT2D eigenvalue weighted by Gasteiger charge is -1.87. The molecule has 0 spiro atoms. The number of aliphatic carboxylic acids is 1. The van der Waals surface area contributed by atoms with E-state index in [-0.39, 0.29) is 0 Å². The average Bonchev–Trinajstić information content (AvgIpc) is 2.60. The number of carboxylic acid groups (broad SMARTS) is 1. The lowest BCUT2D eigenvalue weighted by Crippen LogP contribution is -1.87. The maximum Gasteiger partial charge on any atom is 0.328 e. The van der Waals surface area contributed by atoms with Crippen LogP contribution in [0.15, 0.2) is 18.5 Å². The van der Waals surface area contributed by atoms with Gasteiger partial charge in [0.15, 0.2) is 4.96 Å². The van der Waals surface area contributed by atoms with Crippen LogP contribution in [-0.2, 0) is 4.79 Å². The first-order valence-corrected chi connectivity index (χ1v) is 4.83. The van der Waals surface area contributed by atoms with E-state index in [0.29, 0.717) is 0 Å². The number of hydrogen-bond donors (Lipinski definition) is 1. The fourth-order valence-electron chi connectivity index (χ4n) is 1.19. The summed E-state index contributed by atoms with van der Waals surface area (Å²) in [6.07, 6.45) is 6.24. The molecule has 0 saturated heterocycles. The van der Waals surface area contributed by atoms with E-state index in [2.05, 4.69) is 4.98 Å². The van der Waals surface area contributed by atoms with E-state index < -0.39 is 5.97 Å². The molecule has 5 heteroatoms. The van der Waals surface area contributed by atoms with Crippen molar-refractivity contribution < 1.29 is 9.90 Å². The van der Waals surface area contributed by atoms with Crippen LogP contribution in [0.3, 0.4) is 0 Å². The Morgan fingerprint density at radius 3 is 3.21 bits per heavy atom. The van der Waals surface area contributed by atoms with Gasteiger partial charge >= 0.3 is 5.97 Å². The fraction of sp³-hybridized carbons (Fsp3) is 0.111. The minimum Gasteiger partial charge on any atom is -0.478 e. The molecule has 0 unspecified atom stereocenters. The highest BCUT2D eigenvalue weighted by Gasteiger charge is 2.03. The second kappa shape index (κ2) is 3.26. The van der Waals surface area contributed by atoms with Gasteiger partial charge in [0, 0.05) is 17.2 Å². The van der Waals surface area contributed by atoms with Crippen LogP contribution in [0.1, 0.15) is 10.6 Å². The molecule has 1 N–H and O–H groups in total. The van der Waals surface area contributed by atoms with E-state index in [1.54, 1.807) is 17.5 Å². The van der Waals surface area contributed by atoms with Gasteiger partial charge in [-0.1, -0.05) is 0 Å². The van der Waals surface area contributed by atoms with Crippen LogP contribution in [-0.4, -0.2) is 20.5 Å². The highest BCUT2D eigenvalue weighted by molar-refractivity contribution is 7.16. The minimum atomic E-state index is -0.952. The van der Waals surface area contributed by atoms with Gasteiger partial charge in [-0.25, -0.2) is 9.78 Å². The van der Waals surface area contributed by atoms with Crippen LogP contribution in [0, 0.1) is 6.92 Å². The molecule has 72 valence electrons. The Morgan fingerprint density at radius 2 is 2.50 bits per heavy atom. The second-order valence-electron chi connectivity index (χ2n) is 2.85. The van der Waals surface area contributed by atoms with Crippen molar-refractivity contribution in [2.24, 2.45) is 0 Å². The smallest absolute Gasteiger partial charge is 0.328 e. The van der Waals surface area contributed by atoms with Crippen molar-refractivity contribution in [3.63, 3.8) is 0 Å². The molecule has 4 nitrogen and oxygen atoms in total. The van der Waals surface area contributed by atoms with Gasteiger partial charge in [-0.15, -0.1) is 11.3 Å². The van der Waals surface area contributed by atoms with E-state index in [1.807, 2.05) is 17.5 Å². The summed E-state index contributed by atoms with van der Waals surface area (Å²) in [6.45, 7) is 1.99. The van der Waals surface area contributed by atoms with Crippen molar-refractivity contribution in [1.82, 2.24) is 9.38 Å². The Hall–Kier alpha value is -1.62. The van der Waals surface area contributed by atoms with Crippen molar-refractivity contribution in [1.29, 1.82) is 0 Å². The molecular weight excluding hydrogens is 200 g/mol. The Bertz CT molecular complexity index is 510. The summed E-state index contributed by atoms with van der Waals surface area (Å²) in [6, 6.07) is 0. The number of carbonyl (C=O) groups is 1. The van der Waals surface area contributed by atoms with E-state index >= 15 is 0 Å². The summed E-state index contributed by atoms with van der Waals surface area (Å²) < 4.78 is 1.87. The van der Waals surface area contributed by atoms with E-state index in [1.165, 1.54) is 6.08 Å². The second-order valence-corrected chi connectivity index (χ2v) is 4.06. The zero-order valence-electron chi connectivity index (χ0n) is 7.47. The quantitative estimate of drug-likeness (QED) is 0.765. The number of hydrogen-bond acceptors (Lipinski definition) is 3. The van der Waals surface area contributed by atoms with Crippen LogP contribution in [0.5, 0.6) is 0 Å². The molecule has 0 aliphatic rings. The third-order valence-corrected chi connectivity index (χ3v) is 2.66. The maximum atomic E-state index is 10.3. The third kappa shape index (κ3) is 1.54. The maximum absolute atomic E-state index is 10.3. The first-order valence-electron chi connectivity index (χ1n) is 4.01. The van der Waals surface area contributed by atoms with Gasteiger partial charge in [-0.2, -0.15) is 0 Å². The summed E-state index contributed by atoms with van der Waals surface area (Å²) >= 11 is 1.58. The number of rotatable bonds is 2. The summed E-state index contributed by atoms with van der Waals surface area (Å²) in [5.41, 5.74) is 0.784. The van der Waals surface area contributed by atoms with Gasteiger partial charge in [0.2, 0.25) is 0 Å². The monoisotopic (exact) mass is 208 g/mol. The van der Waals surface area contributed by atoms with Gasteiger partial charge in [0.1, 0.15) is 0 Å². The van der Waals surface area contributed by atoms with Crippen molar-refractivity contribution >= 4 is 28.3 Å². The SMILES string of the molecule is Cc1cn2c(/C=C/C(=O)O)cnc2s1. The number of nitrogens with zero attached hydrogens (tertiary/aromatic N) is 2. The molecule has 2 heterocycles. The third-order valence-electron chi connectivity index (χ3n) is 1.75. The minimum absolute atomic E-state index is 0.784. The molecule has 2 aromatic rings. The predicted octanol–water partition coefficient (Wildman–Crippen LogP) is 1.80. The van der Waals surface area contributed by atoms with Gasteiger partial charge in [-0.05, 0) is 13.0 Å². The number of thiazole rings is 1. The molecular formula is C9H8N2O2S. The molecule has 0 amide bonds. The van der Waals surface area contributed by atoms with E-state index in [4.69, 9.17) is 5.11 Å². The lowest BCUT2D eigenvalue weighted by molar-refractivity contribution is -0.131. The predicted molar refractivity (Wildman–Crippen MR) is 54.5 cm³/mol. The van der Waals surface area contributed by atoms with Gasteiger partial charge < -0.3 is 5.11 Å². The molecule has 0 aliphatic carbocycles. The van der Waals surface area contributed by atoms with Crippen molar-refractivity contribution in [2.45, 2.75) is 6.92 Å². The zero-order chi connectivity index (χ0) is 10.1. The molecule has 2 aromatic heterocycles. The van der Waals surface area contributed by atoms with Crippen LogP contribution >= 0.6 is 11.3 Å². The van der Waals surface area contributed by atoms with Crippen molar-refractivity contribution in [3.8, 4) is 0 Å². The number of aryl methyl sites for hydroxylation is 1. The molecule has 14 heavy (non-hydrogen) atoms. The molecule has 0 radical (unpaired) electrons. The average molecular weight is 208 g/mol. The lowest BCUT2D eigenvalue weighted by atomic mass is 10.4. The topological polar surface area (TPSA) is 54.6 Å². The van der Waals surface area contributed by atoms with Gasteiger partial charge in [0.25, 0.3) is 0 Å². The standard InChI is InChI=1S/C9H8N2O2S/c1-6-5-11-7(2-3-8(12)13)4-10-9(11)14-6/h2-5H,1H3,(H,12,13)/b3-2+. The summed E-state index contributed by atoms with van der Waals surface area (Å²) in [7, 11) is 0. The van der Waals surface area contributed by atoms with Gasteiger partial charge in [-0.3, -0.25) is 4.40 Å². The highest BCUT2D eigenvalue weighted by atomic mass is 32.1. The summed E-state index contributed by atoms with van der Waals surface area (Å²) in [5, 5.41) is 8.48. The normalized spacial score (nSPS) is 11.5. The van der Waals surface area contributed by atoms with E-state index in [9.17, 15) is 4.79 Å². The number of imidazole rings is 1. The van der Waals surface area contributed by atoms with Crippen molar-refractivity contribution in [2.75, 3.05) is 0 Å². The summed E-state index contributed by atoms with van der Waals surface area (Å²) in [4.78, 5) is 16.5. The Kier molecular flexibility index (Phi) is 2.09. The van der Waals surface area contributed by atoms with Crippen LogP contribution in [0.2, 0.25) is 0 Å². The van der Waals surface area contributed by atoms with Crippen LogP contribution in [0.4, 0.5) is 0 Å². The fourth-order valence-corrected chi connectivity index (χ4v) is 2.00. The number of fused-ring (bicyclic) bond motifs is 1. The van der Waals surface area contributed by atoms with E-state index in [0.717, 1.165) is 21.6 Å². The summed E-state index contributed by atoms with van der Waals surface area (Å²) in [5.74, 6) is -0.952. The van der Waals surface area contributed by atoms with Crippen molar-refractivity contribution in [3.05, 3.63) is 29.0 Å². The Balaban J connectivity index is 2.46. The van der Waals surface area contributed by atoms with Crippen LogP contribution in [0.25, 0.3) is 11.0 Å². The first-order chi connectivity index (χ1) is 6.66. The molecule has 0 atom stereocenters. The molecule has 0 saturated carbocycles. The molecule has 2 rings (SSSR count). The Morgan fingerprint density at radius 1 is 1.71 bits per heavy atom. The molecule has 0 fully saturated rings. The van der Waals surface area contributed by atoms with Gasteiger partial charge in [0.05, 0.1) is 11.9 Å². The number of carboxylic acids is 1. The molecule has 0 bridgehead atoms. The first kappa shape index (κ1) is 8.96.